The van der Waals surface area contributed by atoms with Crippen molar-refractivity contribution in [3.63, 3.8) is 0 Å². The number of nitrogens with zero attached hydrogens (tertiary/aromatic N) is 1. The summed E-state index contributed by atoms with van der Waals surface area (Å²) >= 11 is 4.70. The molecule has 1 amide bonds. The largest absolute Gasteiger partial charge is 0.484 e. The molecule has 2 N–H and O–H groups in total. The Bertz CT molecular complexity index is 503. The van der Waals surface area contributed by atoms with Crippen LogP contribution >= 0.6 is 12.2 Å². The molecule has 1 rings (SSSR count). The molecule has 21 heavy (non-hydrogen) atoms. The lowest BCUT2D eigenvalue weighted by molar-refractivity contribution is -0.137. The molecule has 8 heteroatoms. The van der Waals surface area contributed by atoms with Crippen LogP contribution in [0.1, 0.15) is 12.0 Å². The number of carbonyl (C=O) groups excluding carboxylic acids is 1. The minimum Gasteiger partial charge on any atom is -0.484 e. The summed E-state index contributed by atoms with van der Waals surface area (Å²) < 4.78 is 42.2. The number of amides is 1. The molecule has 0 fully saturated rings. The van der Waals surface area contributed by atoms with Crippen molar-refractivity contribution < 1.29 is 22.7 Å². The molecule has 0 radical (unpaired) electrons. The van der Waals surface area contributed by atoms with Gasteiger partial charge in [-0.25, -0.2) is 0 Å². The van der Waals surface area contributed by atoms with E-state index in [1.807, 2.05) is 0 Å². The average molecular weight is 320 g/mol. The Morgan fingerprint density at radius 1 is 1.33 bits per heavy atom. The van der Waals surface area contributed by atoms with E-state index in [1.165, 1.54) is 17.0 Å². The molecule has 0 aliphatic rings. The topological polar surface area (TPSA) is 55.6 Å². The Labute approximate surface area is 125 Å². The summed E-state index contributed by atoms with van der Waals surface area (Å²) in [6, 6.07) is 4.14. The Morgan fingerprint density at radius 3 is 2.38 bits per heavy atom. The molecular weight excluding hydrogens is 305 g/mol. The second-order valence-electron chi connectivity index (χ2n) is 4.34. The third-order valence-electron chi connectivity index (χ3n) is 2.66. The number of nitrogens with two attached hydrogens (primary N) is 1. The van der Waals surface area contributed by atoms with Gasteiger partial charge in [0, 0.05) is 20.0 Å². The maximum atomic E-state index is 12.4. The highest BCUT2D eigenvalue weighted by Gasteiger charge is 2.30. The fraction of sp³-hybridized carbons (Fsp3) is 0.385. The molecule has 0 atom stereocenters. The Kier molecular flexibility index (Phi) is 5.95. The van der Waals surface area contributed by atoms with Gasteiger partial charge in [-0.05, 0) is 24.3 Å². The second kappa shape index (κ2) is 7.26. The first kappa shape index (κ1) is 17.2. The monoisotopic (exact) mass is 320 g/mol. The third-order valence-corrected chi connectivity index (χ3v) is 2.87. The Balaban J connectivity index is 2.48. The predicted octanol–water partition coefficient (Wildman–Crippen LogP) is 2.22. The fourth-order valence-corrected chi connectivity index (χ4v) is 1.49. The number of hydrogen-bond acceptors (Lipinski definition) is 3. The zero-order valence-corrected chi connectivity index (χ0v) is 12.1. The molecular formula is C13H15F3N2O2S. The number of hydrogen-bond donors (Lipinski definition) is 1. The van der Waals surface area contributed by atoms with Gasteiger partial charge in [0.2, 0.25) is 0 Å². The number of halogens is 3. The molecule has 4 nitrogen and oxygen atoms in total. The van der Waals surface area contributed by atoms with Gasteiger partial charge < -0.3 is 15.4 Å². The zero-order valence-electron chi connectivity index (χ0n) is 11.3. The molecule has 0 spiro atoms. The van der Waals surface area contributed by atoms with Crippen LogP contribution in [0, 0.1) is 0 Å². The zero-order chi connectivity index (χ0) is 16.0. The summed E-state index contributed by atoms with van der Waals surface area (Å²) in [6.45, 7) is 0.101. The molecule has 0 saturated carbocycles. The van der Waals surface area contributed by atoms with Crippen LogP contribution in [0.4, 0.5) is 13.2 Å². The van der Waals surface area contributed by atoms with Crippen LogP contribution in [-0.2, 0) is 11.0 Å². The molecule has 116 valence electrons. The minimum absolute atomic E-state index is 0.194. The maximum Gasteiger partial charge on any atom is 0.416 e. The van der Waals surface area contributed by atoms with Crippen molar-refractivity contribution in [2.75, 3.05) is 20.2 Å². The van der Waals surface area contributed by atoms with Crippen LogP contribution in [0.5, 0.6) is 5.75 Å². The lowest BCUT2D eigenvalue weighted by Gasteiger charge is -2.17. The molecule has 1 aromatic rings. The van der Waals surface area contributed by atoms with Gasteiger partial charge in [0.1, 0.15) is 5.75 Å². The van der Waals surface area contributed by atoms with Gasteiger partial charge in [0.15, 0.2) is 6.61 Å². The number of rotatable bonds is 6. The Morgan fingerprint density at radius 2 is 1.90 bits per heavy atom. The summed E-state index contributed by atoms with van der Waals surface area (Å²) in [5.41, 5.74) is 4.56. The summed E-state index contributed by atoms with van der Waals surface area (Å²) in [4.78, 5) is 13.4. The van der Waals surface area contributed by atoms with Crippen LogP contribution in [0.2, 0.25) is 0 Å². The number of alkyl halides is 3. The molecule has 0 aliphatic carbocycles. The molecule has 0 aromatic heterocycles. The van der Waals surface area contributed by atoms with Gasteiger partial charge in [-0.15, -0.1) is 0 Å². The van der Waals surface area contributed by atoms with Gasteiger partial charge >= 0.3 is 6.18 Å². The molecule has 0 unspecified atom stereocenters. The van der Waals surface area contributed by atoms with Crippen molar-refractivity contribution in [1.29, 1.82) is 0 Å². The smallest absolute Gasteiger partial charge is 0.416 e. The van der Waals surface area contributed by atoms with Crippen molar-refractivity contribution in [1.82, 2.24) is 4.90 Å². The minimum atomic E-state index is -4.39. The van der Waals surface area contributed by atoms with E-state index in [4.69, 9.17) is 22.7 Å². The van der Waals surface area contributed by atoms with Crippen LogP contribution in [0.25, 0.3) is 0 Å². The first-order valence-corrected chi connectivity index (χ1v) is 6.43. The third kappa shape index (κ3) is 5.99. The lowest BCUT2D eigenvalue weighted by Crippen LogP contribution is -2.33. The van der Waals surface area contributed by atoms with Crippen molar-refractivity contribution in [2.45, 2.75) is 12.6 Å². The molecule has 0 aliphatic heterocycles. The highest BCUT2D eigenvalue weighted by atomic mass is 32.1. The summed E-state index contributed by atoms with van der Waals surface area (Å²) in [5.74, 6) is -0.120. The highest BCUT2D eigenvalue weighted by molar-refractivity contribution is 7.80. The second-order valence-corrected chi connectivity index (χ2v) is 4.87. The number of ether oxygens (including phenoxy) is 1. The molecule has 0 heterocycles. The van der Waals surface area contributed by atoms with Crippen molar-refractivity contribution in [3.05, 3.63) is 29.8 Å². The quantitative estimate of drug-likeness (QED) is 0.817. The highest BCUT2D eigenvalue weighted by Crippen LogP contribution is 2.30. The normalized spacial score (nSPS) is 11.0. The van der Waals surface area contributed by atoms with Gasteiger partial charge in [0.25, 0.3) is 5.91 Å². The number of likely N-dealkylation sites (N-methyl/N-ethyl adjacent to an activating group) is 1. The van der Waals surface area contributed by atoms with Gasteiger partial charge in [0.05, 0.1) is 10.6 Å². The molecule has 0 bridgehead atoms. The first-order chi connectivity index (χ1) is 9.70. The molecule has 1 aromatic carbocycles. The van der Waals surface area contributed by atoms with E-state index in [0.717, 1.165) is 12.1 Å². The first-order valence-electron chi connectivity index (χ1n) is 6.02. The van der Waals surface area contributed by atoms with E-state index in [2.05, 4.69) is 0 Å². The van der Waals surface area contributed by atoms with Crippen LogP contribution < -0.4 is 10.5 Å². The predicted molar refractivity (Wildman–Crippen MR) is 76.0 cm³/mol. The Hall–Kier alpha value is -1.83. The summed E-state index contributed by atoms with van der Waals surface area (Å²) in [7, 11) is 1.57. The van der Waals surface area contributed by atoms with Gasteiger partial charge in [-0.2, -0.15) is 13.2 Å². The van der Waals surface area contributed by atoms with Crippen LogP contribution in [0.15, 0.2) is 24.3 Å². The summed E-state index contributed by atoms with van der Waals surface area (Å²) in [6.07, 6.45) is -3.99. The van der Waals surface area contributed by atoms with E-state index in [0.29, 0.717) is 18.0 Å². The van der Waals surface area contributed by atoms with Gasteiger partial charge in [-0.1, -0.05) is 12.2 Å². The van der Waals surface area contributed by atoms with E-state index in [1.54, 1.807) is 7.05 Å². The number of thiocarbonyl (C=S) groups is 1. The SMILES string of the molecule is CN(CCC(N)=S)C(=O)COc1ccc(C(F)(F)F)cc1. The summed E-state index contributed by atoms with van der Waals surface area (Å²) in [5, 5.41) is 0. The van der Waals surface area contributed by atoms with E-state index < -0.39 is 11.7 Å². The van der Waals surface area contributed by atoms with Crippen LogP contribution in [-0.4, -0.2) is 36.0 Å². The maximum absolute atomic E-state index is 12.4. The van der Waals surface area contributed by atoms with Crippen molar-refractivity contribution in [3.8, 4) is 5.75 Å². The van der Waals surface area contributed by atoms with Crippen molar-refractivity contribution >= 4 is 23.1 Å². The average Bonchev–Trinajstić information content (AvgIpc) is 2.41. The lowest BCUT2D eigenvalue weighted by atomic mass is 10.2. The van der Waals surface area contributed by atoms with E-state index in [-0.39, 0.29) is 18.3 Å². The van der Waals surface area contributed by atoms with Crippen molar-refractivity contribution in [2.24, 2.45) is 5.73 Å². The van der Waals surface area contributed by atoms with Gasteiger partial charge in [-0.3, -0.25) is 4.79 Å². The number of carbonyl (C=O) groups is 1. The molecule has 0 saturated heterocycles. The fourth-order valence-electron chi connectivity index (χ4n) is 1.40. The van der Waals surface area contributed by atoms with E-state index in [9.17, 15) is 18.0 Å². The van der Waals surface area contributed by atoms with E-state index >= 15 is 0 Å². The number of benzene rings is 1. The van der Waals surface area contributed by atoms with Crippen LogP contribution in [0.3, 0.4) is 0 Å². The standard InChI is InChI=1S/C13H15F3N2O2S/c1-18(7-6-11(17)21)12(19)8-20-10-4-2-9(3-5-10)13(14,15)16/h2-5H,6-8H2,1H3,(H2,17,21).